The van der Waals surface area contributed by atoms with Crippen molar-refractivity contribution >= 4 is 45.0 Å². The van der Waals surface area contributed by atoms with Gasteiger partial charge >= 0.3 is 0 Å². The van der Waals surface area contributed by atoms with Gasteiger partial charge in [-0.2, -0.15) is 5.10 Å². The van der Waals surface area contributed by atoms with E-state index < -0.39 is 0 Å². The first-order valence-corrected chi connectivity index (χ1v) is 11.5. The number of nitrogens with one attached hydrogen (secondary N) is 1. The number of aryl methyl sites for hydroxylation is 2. The highest BCUT2D eigenvalue weighted by atomic mass is 32.2. The zero-order valence-electron chi connectivity index (χ0n) is 16.4. The molecule has 0 spiro atoms. The predicted octanol–water partition coefficient (Wildman–Crippen LogP) is 4.86. The molecule has 28 heavy (non-hydrogen) atoms. The highest BCUT2D eigenvalue weighted by Gasteiger charge is 2.23. The second-order valence-electron chi connectivity index (χ2n) is 7.24. The number of thiophene rings is 1. The minimum Gasteiger partial charge on any atom is -0.310 e. The molecule has 0 radical (unpaired) electrons. The molecule has 0 aliphatic heterocycles. The smallest absolute Gasteiger partial charge is 0.238 e. The second-order valence-corrected chi connectivity index (χ2v) is 9.65. The second kappa shape index (κ2) is 8.21. The summed E-state index contributed by atoms with van der Waals surface area (Å²) in [6.07, 6.45) is 8.99. The molecule has 6 nitrogen and oxygen atoms in total. The number of fused-ring (bicyclic) bond motifs is 3. The average Bonchev–Trinajstić information content (AvgIpc) is 3.31. The number of amides is 1. The van der Waals surface area contributed by atoms with E-state index in [-0.39, 0.29) is 17.2 Å². The van der Waals surface area contributed by atoms with Crippen molar-refractivity contribution in [1.29, 1.82) is 0 Å². The Morgan fingerprint density at radius 2 is 2.14 bits per heavy atom. The molecule has 1 aliphatic carbocycles. The molecule has 1 amide bonds. The molecule has 0 saturated heterocycles. The number of thioether (sulfide) groups is 1. The van der Waals surface area contributed by atoms with Crippen LogP contribution < -0.4 is 5.32 Å². The van der Waals surface area contributed by atoms with Crippen LogP contribution in [0.5, 0.6) is 0 Å². The van der Waals surface area contributed by atoms with E-state index in [1.54, 1.807) is 23.9 Å². The molecule has 0 fully saturated rings. The topological polar surface area (TPSA) is 72.7 Å². The zero-order chi connectivity index (χ0) is 19.7. The van der Waals surface area contributed by atoms with Crippen molar-refractivity contribution in [2.24, 2.45) is 0 Å². The SMILES string of the molecule is CC[C@@H](C)n1nccc1NC(=O)[C@H](C)Sc1ncnc2sc3c(c12)CCCC3. The summed E-state index contributed by atoms with van der Waals surface area (Å²) in [5, 5.41) is 9.19. The molecule has 148 valence electrons. The van der Waals surface area contributed by atoms with Gasteiger partial charge in [0, 0.05) is 16.3 Å². The summed E-state index contributed by atoms with van der Waals surface area (Å²) >= 11 is 3.30. The molecule has 0 bridgehead atoms. The van der Waals surface area contributed by atoms with Crippen LogP contribution in [0.2, 0.25) is 0 Å². The van der Waals surface area contributed by atoms with Crippen LogP contribution in [0.15, 0.2) is 23.6 Å². The summed E-state index contributed by atoms with van der Waals surface area (Å²) in [5.41, 5.74) is 1.40. The van der Waals surface area contributed by atoms with Crippen LogP contribution in [0.4, 0.5) is 5.82 Å². The Morgan fingerprint density at radius 1 is 1.32 bits per heavy atom. The molecular formula is C20H25N5OS2. The molecule has 0 unspecified atom stereocenters. The highest BCUT2D eigenvalue weighted by Crippen LogP contribution is 2.40. The molecular weight excluding hydrogens is 390 g/mol. The minimum atomic E-state index is -0.266. The van der Waals surface area contributed by atoms with Crippen molar-refractivity contribution < 1.29 is 4.79 Å². The number of anilines is 1. The van der Waals surface area contributed by atoms with E-state index in [2.05, 4.69) is 34.2 Å². The number of carbonyl (C=O) groups is 1. The lowest BCUT2D eigenvalue weighted by molar-refractivity contribution is -0.115. The molecule has 0 aromatic carbocycles. The van der Waals surface area contributed by atoms with Crippen molar-refractivity contribution in [2.45, 2.75) is 69.2 Å². The van der Waals surface area contributed by atoms with Gasteiger partial charge in [-0.15, -0.1) is 11.3 Å². The van der Waals surface area contributed by atoms with Gasteiger partial charge in [0.1, 0.15) is 22.0 Å². The standard InChI is InChI=1S/C20H25N5OS2/c1-4-12(2)25-16(9-10-23-25)24-18(26)13(3)27-19-17-14-7-5-6-8-15(14)28-20(17)22-11-21-19/h9-13H,4-8H2,1-3H3,(H,24,26)/t12-,13+/m1/s1. The van der Waals surface area contributed by atoms with Crippen LogP contribution in [0.1, 0.15) is 56.5 Å². The molecule has 4 rings (SSSR count). The third-order valence-electron chi connectivity index (χ3n) is 5.30. The molecule has 1 N–H and O–H groups in total. The third-order valence-corrected chi connectivity index (χ3v) is 7.60. The quantitative estimate of drug-likeness (QED) is 0.460. The Kier molecular flexibility index (Phi) is 5.68. The maximum absolute atomic E-state index is 12.8. The molecule has 3 aromatic heterocycles. The lowest BCUT2D eigenvalue weighted by Gasteiger charge is -2.16. The van der Waals surface area contributed by atoms with Crippen LogP contribution in [0.25, 0.3) is 10.2 Å². The van der Waals surface area contributed by atoms with Gasteiger partial charge in [0.25, 0.3) is 0 Å². The summed E-state index contributed by atoms with van der Waals surface area (Å²) in [5.74, 6) is 0.707. The fraction of sp³-hybridized carbons (Fsp3) is 0.500. The Balaban J connectivity index is 1.54. The Bertz CT molecular complexity index is 996. The minimum absolute atomic E-state index is 0.0362. The fourth-order valence-corrected chi connectivity index (χ4v) is 5.78. The van der Waals surface area contributed by atoms with Crippen molar-refractivity contribution in [1.82, 2.24) is 19.7 Å². The van der Waals surface area contributed by atoms with E-state index >= 15 is 0 Å². The largest absolute Gasteiger partial charge is 0.310 e. The third kappa shape index (κ3) is 3.67. The molecule has 1 aliphatic rings. The number of nitrogens with zero attached hydrogens (tertiary/aromatic N) is 4. The van der Waals surface area contributed by atoms with Gasteiger partial charge in [-0.25, -0.2) is 14.6 Å². The molecule has 3 aromatic rings. The van der Waals surface area contributed by atoms with Crippen molar-refractivity contribution in [3.63, 3.8) is 0 Å². The lowest BCUT2D eigenvalue weighted by atomic mass is 9.97. The average molecular weight is 416 g/mol. The van der Waals surface area contributed by atoms with Gasteiger partial charge in [0.05, 0.1) is 17.5 Å². The van der Waals surface area contributed by atoms with Crippen LogP contribution in [-0.2, 0) is 17.6 Å². The molecule has 0 saturated carbocycles. The van der Waals surface area contributed by atoms with Crippen LogP contribution in [0.3, 0.4) is 0 Å². The normalized spacial score (nSPS) is 16.0. The number of aromatic nitrogens is 4. The van der Waals surface area contributed by atoms with Crippen LogP contribution in [-0.4, -0.2) is 30.9 Å². The maximum Gasteiger partial charge on any atom is 0.238 e. The van der Waals surface area contributed by atoms with Crippen molar-refractivity contribution in [2.75, 3.05) is 5.32 Å². The Hall–Kier alpha value is -1.93. The van der Waals surface area contributed by atoms with Crippen LogP contribution in [0, 0.1) is 0 Å². The lowest BCUT2D eigenvalue weighted by Crippen LogP contribution is -2.25. The fourth-order valence-electron chi connectivity index (χ4n) is 3.54. The summed E-state index contributed by atoms with van der Waals surface area (Å²) in [7, 11) is 0. The monoisotopic (exact) mass is 415 g/mol. The summed E-state index contributed by atoms with van der Waals surface area (Å²) in [6, 6.07) is 2.09. The van der Waals surface area contributed by atoms with Gasteiger partial charge in [0.2, 0.25) is 5.91 Å². The van der Waals surface area contributed by atoms with Crippen LogP contribution >= 0.6 is 23.1 Å². The molecule has 3 heterocycles. The van der Waals surface area contributed by atoms with E-state index in [4.69, 9.17) is 0 Å². The van der Waals surface area contributed by atoms with Gasteiger partial charge in [-0.3, -0.25) is 4.79 Å². The number of rotatable bonds is 6. The Morgan fingerprint density at radius 3 is 2.96 bits per heavy atom. The van der Waals surface area contributed by atoms with Gasteiger partial charge in [0.15, 0.2) is 0 Å². The predicted molar refractivity (Wildman–Crippen MR) is 115 cm³/mol. The number of carbonyl (C=O) groups excluding carboxylic acids is 1. The van der Waals surface area contributed by atoms with Gasteiger partial charge in [-0.1, -0.05) is 18.7 Å². The maximum atomic E-state index is 12.8. The summed E-state index contributed by atoms with van der Waals surface area (Å²) < 4.78 is 1.87. The molecule has 8 heteroatoms. The first-order chi connectivity index (χ1) is 13.6. The van der Waals surface area contributed by atoms with E-state index in [0.29, 0.717) is 0 Å². The van der Waals surface area contributed by atoms with Crippen molar-refractivity contribution in [3.05, 3.63) is 29.0 Å². The van der Waals surface area contributed by atoms with Crippen molar-refractivity contribution in [3.8, 4) is 0 Å². The van der Waals surface area contributed by atoms with E-state index in [1.807, 2.05) is 17.7 Å². The Labute approximate surface area is 173 Å². The summed E-state index contributed by atoms with van der Waals surface area (Å²) in [4.78, 5) is 24.3. The molecule has 2 atom stereocenters. The first kappa shape index (κ1) is 19.4. The summed E-state index contributed by atoms with van der Waals surface area (Å²) in [6.45, 7) is 6.13. The van der Waals surface area contributed by atoms with E-state index in [9.17, 15) is 4.79 Å². The van der Waals surface area contributed by atoms with E-state index in [0.717, 1.165) is 40.3 Å². The highest BCUT2D eigenvalue weighted by molar-refractivity contribution is 8.00. The number of hydrogen-bond acceptors (Lipinski definition) is 6. The number of hydrogen-bond donors (Lipinski definition) is 1. The van der Waals surface area contributed by atoms with Gasteiger partial charge < -0.3 is 5.32 Å². The first-order valence-electron chi connectivity index (χ1n) is 9.84. The van der Waals surface area contributed by atoms with Gasteiger partial charge in [-0.05, 0) is 51.5 Å². The zero-order valence-corrected chi connectivity index (χ0v) is 18.1. The van der Waals surface area contributed by atoms with E-state index in [1.165, 1.54) is 35.0 Å².